The van der Waals surface area contributed by atoms with E-state index < -0.39 is 44.1 Å². The number of ether oxygens (including phenoxy) is 4. The molecule has 0 spiro atoms. The van der Waals surface area contributed by atoms with E-state index in [4.69, 9.17) is 28.0 Å². The third-order valence-electron chi connectivity index (χ3n) is 4.17. The average molecular weight is 604 g/mol. The minimum absolute atomic E-state index is 0.0403. The van der Waals surface area contributed by atoms with Crippen molar-refractivity contribution >= 4 is 59.2 Å². The van der Waals surface area contributed by atoms with Crippen molar-refractivity contribution < 1.29 is 56.5 Å². The van der Waals surface area contributed by atoms with Gasteiger partial charge in [0.15, 0.2) is 10.2 Å². The lowest BCUT2D eigenvalue weighted by Crippen LogP contribution is -2.45. The van der Waals surface area contributed by atoms with Gasteiger partial charge in [-0.3, -0.25) is 23.7 Å². The largest absolute Gasteiger partial charge is 0.463 e. The number of thioether (sulfide) groups is 2. The first-order valence-corrected chi connectivity index (χ1v) is 15.5. The minimum Gasteiger partial charge on any atom is -0.463 e. The van der Waals surface area contributed by atoms with Gasteiger partial charge in [-0.25, -0.2) is 4.79 Å². The zero-order chi connectivity index (χ0) is 28.8. The maximum absolute atomic E-state index is 13.3. The predicted molar refractivity (Wildman–Crippen MR) is 142 cm³/mol. The van der Waals surface area contributed by atoms with Gasteiger partial charge in [-0.1, -0.05) is 23.5 Å². The van der Waals surface area contributed by atoms with Crippen molar-refractivity contribution in [3.05, 3.63) is 0 Å². The second kappa shape index (κ2) is 22.3. The van der Waals surface area contributed by atoms with Gasteiger partial charge in [-0.2, -0.15) is 0 Å². The van der Waals surface area contributed by atoms with Crippen LogP contribution in [0.1, 0.15) is 33.1 Å². The SMILES string of the molecule is COCCOC(=O)C[C@H](NC(=O)CP(=O)(OCCCSC(C)=O)OCCCSC(C)=O)C(=O)OCCOC. The van der Waals surface area contributed by atoms with Crippen LogP contribution in [0.4, 0.5) is 0 Å². The molecular weight excluding hydrogens is 565 g/mol. The lowest BCUT2D eigenvalue weighted by molar-refractivity contribution is -0.154. The summed E-state index contributed by atoms with van der Waals surface area (Å²) in [7, 11) is -1.14. The van der Waals surface area contributed by atoms with Crippen LogP contribution in [0.2, 0.25) is 0 Å². The maximum atomic E-state index is 13.3. The van der Waals surface area contributed by atoms with E-state index in [-0.39, 0.29) is 49.9 Å². The molecule has 38 heavy (non-hydrogen) atoms. The number of hydrogen-bond donors (Lipinski definition) is 1. The van der Waals surface area contributed by atoms with Crippen LogP contribution >= 0.6 is 31.1 Å². The zero-order valence-electron chi connectivity index (χ0n) is 22.2. The molecule has 0 aliphatic rings. The topological polar surface area (TPSA) is 170 Å². The van der Waals surface area contributed by atoms with Crippen LogP contribution in [0.5, 0.6) is 0 Å². The summed E-state index contributed by atoms with van der Waals surface area (Å²) >= 11 is 2.16. The van der Waals surface area contributed by atoms with Gasteiger partial charge in [0.2, 0.25) is 5.91 Å². The van der Waals surface area contributed by atoms with Crippen molar-refractivity contribution in [2.24, 2.45) is 0 Å². The fourth-order valence-corrected chi connectivity index (χ4v) is 5.10. The highest BCUT2D eigenvalue weighted by Crippen LogP contribution is 2.48. The normalized spacial score (nSPS) is 12.0. The minimum atomic E-state index is -3.98. The number of esters is 2. The third kappa shape index (κ3) is 20.5. The summed E-state index contributed by atoms with van der Waals surface area (Å²) in [4.78, 5) is 59.5. The molecule has 0 unspecified atom stereocenters. The monoisotopic (exact) mass is 603 g/mol. The van der Waals surface area contributed by atoms with Crippen LogP contribution in [0, 0.1) is 0 Å². The number of amides is 1. The Hall–Kier alpha value is -1.48. The van der Waals surface area contributed by atoms with Gasteiger partial charge < -0.3 is 33.3 Å². The number of rotatable bonds is 22. The molecule has 1 N–H and O–H groups in total. The van der Waals surface area contributed by atoms with Crippen molar-refractivity contribution in [2.45, 2.75) is 39.2 Å². The summed E-state index contributed by atoms with van der Waals surface area (Å²) in [5, 5.41) is 2.19. The Balaban J connectivity index is 5.23. The smallest absolute Gasteiger partial charge is 0.340 e. The second-order valence-electron chi connectivity index (χ2n) is 7.52. The summed E-state index contributed by atoms with van der Waals surface area (Å²) in [6, 6.07) is -1.42. The lowest BCUT2D eigenvalue weighted by Gasteiger charge is -2.21. The summed E-state index contributed by atoms with van der Waals surface area (Å²) < 4.78 is 43.7. The van der Waals surface area contributed by atoms with Gasteiger partial charge in [-0.05, 0) is 12.8 Å². The Labute approximate surface area is 231 Å². The van der Waals surface area contributed by atoms with E-state index in [2.05, 4.69) is 5.32 Å². The predicted octanol–water partition coefficient (Wildman–Crippen LogP) is 1.81. The first kappa shape index (κ1) is 36.5. The molecule has 0 aliphatic carbocycles. The van der Waals surface area contributed by atoms with Crippen molar-refractivity contribution in [2.75, 3.05) is 71.5 Å². The van der Waals surface area contributed by atoms with Gasteiger partial charge in [0.1, 0.15) is 25.4 Å². The first-order chi connectivity index (χ1) is 18.0. The van der Waals surface area contributed by atoms with Gasteiger partial charge in [0.25, 0.3) is 0 Å². The molecule has 0 rings (SSSR count). The highest BCUT2D eigenvalue weighted by Gasteiger charge is 2.32. The van der Waals surface area contributed by atoms with Gasteiger partial charge >= 0.3 is 19.5 Å². The van der Waals surface area contributed by atoms with E-state index in [0.29, 0.717) is 24.3 Å². The fourth-order valence-electron chi connectivity index (χ4n) is 2.49. The molecule has 1 amide bonds. The van der Waals surface area contributed by atoms with Crippen molar-refractivity contribution in [3.63, 3.8) is 0 Å². The molecule has 0 aromatic rings. The van der Waals surface area contributed by atoms with Crippen LogP contribution in [0.15, 0.2) is 0 Å². The van der Waals surface area contributed by atoms with Crippen molar-refractivity contribution in [3.8, 4) is 0 Å². The number of nitrogens with one attached hydrogen (secondary N) is 1. The van der Waals surface area contributed by atoms with Crippen LogP contribution in [0.3, 0.4) is 0 Å². The van der Waals surface area contributed by atoms with Crippen molar-refractivity contribution in [1.82, 2.24) is 5.32 Å². The van der Waals surface area contributed by atoms with E-state index >= 15 is 0 Å². The Morgan fingerprint density at radius 1 is 0.763 bits per heavy atom. The molecule has 0 bridgehead atoms. The molecule has 13 nitrogen and oxygen atoms in total. The van der Waals surface area contributed by atoms with Crippen LogP contribution in [0.25, 0.3) is 0 Å². The lowest BCUT2D eigenvalue weighted by atomic mass is 10.2. The summed E-state index contributed by atoms with van der Waals surface area (Å²) in [6.07, 6.45) is -0.507. The summed E-state index contributed by atoms with van der Waals surface area (Å²) in [5.41, 5.74) is 0. The molecule has 220 valence electrons. The van der Waals surface area contributed by atoms with E-state index in [1.807, 2.05) is 0 Å². The quantitative estimate of drug-likeness (QED) is 0.108. The number of carbonyl (C=O) groups excluding carboxylic acids is 5. The van der Waals surface area contributed by atoms with Crippen LogP contribution in [-0.4, -0.2) is 106 Å². The molecule has 0 saturated carbocycles. The summed E-state index contributed by atoms with van der Waals surface area (Å²) in [6.45, 7) is 2.86. The van der Waals surface area contributed by atoms with E-state index in [0.717, 1.165) is 23.5 Å². The highest BCUT2D eigenvalue weighted by molar-refractivity contribution is 8.13. The van der Waals surface area contributed by atoms with Crippen LogP contribution in [-0.2, 0) is 56.5 Å². The van der Waals surface area contributed by atoms with Gasteiger partial charge in [0, 0.05) is 39.6 Å². The van der Waals surface area contributed by atoms with E-state index in [9.17, 15) is 28.5 Å². The molecule has 0 aliphatic heterocycles. The number of methoxy groups -OCH3 is 2. The molecule has 0 saturated heterocycles. The Bertz CT molecular complexity index is 770. The molecule has 16 heteroatoms. The number of hydrogen-bond acceptors (Lipinski definition) is 14. The molecule has 0 radical (unpaired) electrons. The first-order valence-electron chi connectivity index (χ1n) is 11.8. The number of carbonyl (C=O) groups is 5. The second-order valence-corrected chi connectivity index (χ2v) is 12.1. The average Bonchev–Trinajstić information content (AvgIpc) is 2.83. The Kier molecular flexibility index (Phi) is 21.5. The molecule has 1 atom stereocenters. The molecule has 0 heterocycles. The van der Waals surface area contributed by atoms with Crippen molar-refractivity contribution in [1.29, 1.82) is 0 Å². The Morgan fingerprint density at radius 2 is 1.26 bits per heavy atom. The zero-order valence-corrected chi connectivity index (χ0v) is 24.8. The maximum Gasteiger partial charge on any atom is 0.340 e. The molecule has 0 aromatic heterocycles. The van der Waals surface area contributed by atoms with Gasteiger partial charge in [0.05, 0.1) is 32.8 Å². The van der Waals surface area contributed by atoms with Gasteiger partial charge in [-0.15, -0.1) is 0 Å². The van der Waals surface area contributed by atoms with E-state index in [1.54, 1.807) is 0 Å². The van der Waals surface area contributed by atoms with Crippen LogP contribution < -0.4 is 5.32 Å². The standard InChI is InChI=1S/C22H38NO12PS2/c1-17(24)37-13-5-7-34-36(29,35-8-6-14-38-18(2)25)16-20(26)23-19(22(28)33-12-10-31-4)15-21(27)32-11-9-30-3/h19H,5-16H2,1-4H3,(H,23,26)/t19-/m0/s1. The molecule has 0 fully saturated rings. The highest BCUT2D eigenvalue weighted by atomic mass is 32.2. The fraction of sp³-hybridized carbons (Fsp3) is 0.773. The molecular formula is C22H38NO12PS2. The third-order valence-corrected chi connectivity index (χ3v) is 7.80. The summed E-state index contributed by atoms with van der Waals surface area (Å²) in [5.74, 6) is -1.70. The Morgan fingerprint density at radius 3 is 1.74 bits per heavy atom. The van der Waals surface area contributed by atoms with E-state index in [1.165, 1.54) is 28.1 Å². The molecule has 0 aromatic carbocycles.